The summed E-state index contributed by atoms with van der Waals surface area (Å²) in [5.74, 6) is -0.0291. The van der Waals surface area contributed by atoms with Gasteiger partial charge in [0.05, 0.1) is 11.0 Å². The number of carbonyl (C=O) groups excluding carboxylic acids is 2. The molecule has 2 bridgehead atoms. The number of hydrogen-bond acceptors (Lipinski definition) is 5. The van der Waals surface area contributed by atoms with E-state index in [2.05, 4.69) is 36.3 Å². The van der Waals surface area contributed by atoms with Crippen LogP contribution in [0.3, 0.4) is 0 Å². The summed E-state index contributed by atoms with van der Waals surface area (Å²) in [6.45, 7) is 9.04. The topological polar surface area (TPSA) is 96.3 Å². The molecule has 2 fully saturated rings. The van der Waals surface area contributed by atoms with E-state index in [-0.39, 0.29) is 40.8 Å². The predicted octanol–water partition coefficient (Wildman–Crippen LogP) is 4.40. The molecule has 2 aliphatic rings. The van der Waals surface area contributed by atoms with Crippen LogP contribution in [-0.4, -0.2) is 34.0 Å². The largest absolute Gasteiger partial charge is 0.348 e. The lowest BCUT2D eigenvalue weighted by atomic mass is 9.65. The van der Waals surface area contributed by atoms with Gasteiger partial charge >= 0.3 is 0 Å². The van der Waals surface area contributed by atoms with Crippen molar-refractivity contribution in [2.24, 2.45) is 10.8 Å². The van der Waals surface area contributed by atoms with Crippen LogP contribution in [0.1, 0.15) is 47.0 Å². The first-order valence-electron chi connectivity index (χ1n) is 12.5. The molecular weight excluding hydrogens is 454 g/mol. The lowest BCUT2D eigenvalue weighted by Crippen LogP contribution is -2.39. The maximum atomic E-state index is 13.8. The van der Waals surface area contributed by atoms with Crippen molar-refractivity contribution in [1.82, 2.24) is 9.55 Å². The highest BCUT2D eigenvalue weighted by atomic mass is 16.2. The standard InChI is InChI=1S/C28H33N5O3/c1-18(34)29-19-9-11-20(12-10-19)30-24(35)15-32-23-8-6-5-7-22(23)31-25(26(32)36)33-17-28(4)14-21(33)13-27(2,3)16-28/h5-12,21H,13-17H2,1-4H3,(H,29,34)(H,30,35). The van der Waals surface area contributed by atoms with Gasteiger partial charge in [-0.15, -0.1) is 0 Å². The van der Waals surface area contributed by atoms with Gasteiger partial charge in [-0.2, -0.15) is 0 Å². The number of aromatic nitrogens is 2. The molecular formula is C28H33N5O3. The van der Waals surface area contributed by atoms with Gasteiger partial charge in [0.1, 0.15) is 6.54 Å². The van der Waals surface area contributed by atoms with Crippen LogP contribution < -0.4 is 21.1 Å². The number of rotatable bonds is 5. The van der Waals surface area contributed by atoms with E-state index in [4.69, 9.17) is 4.98 Å². The van der Waals surface area contributed by atoms with Crippen LogP contribution >= 0.6 is 0 Å². The third-order valence-corrected chi connectivity index (χ3v) is 7.31. The van der Waals surface area contributed by atoms with Crippen molar-refractivity contribution >= 4 is 40.0 Å². The fraction of sp³-hybridized carbons (Fsp3) is 0.429. The summed E-state index contributed by atoms with van der Waals surface area (Å²) in [4.78, 5) is 45.0. The number of hydrogen-bond donors (Lipinski definition) is 2. The summed E-state index contributed by atoms with van der Waals surface area (Å²) in [6, 6.07) is 14.6. The van der Waals surface area contributed by atoms with Crippen molar-refractivity contribution in [2.45, 2.75) is 59.5 Å². The minimum absolute atomic E-state index is 0.121. The molecule has 3 aromatic rings. The van der Waals surface area contributed by atoms with E-state index in [1.807, 2.05) is 24.3 Å². The fourth-order valence-corrected chi connectivity index (χ4v) is 6.41. The maximum absolute atomic E-state index is 13.8. The number of anilines is 3. The Hall–Kier alpha value is -3.68. The molecule has 2 atom stereocenters. The zero-order valence-corrected chi connectivity index (χ0v) is 21.3. The minimum atomic E-state index is -0.306. The highest BCUT2D eigenvalue weighted by Crippen LogP contribution is 2.52. The van der Waals surface area contributed by atoms with Gasteiger partial charge in [-0.3, -0.25) is 19.0 Å². The van der Waals surface area contributed by atoms with Crippen LogP contribution in [0.25, 0.3) is 11.0 Å². The van der Waals surface area contributed by atoms with Gasteiger partial charge in [0.15, 0.2) is 5.82 Å². The molecule has 2 aromatic carbocycles. The first-order valence-corrected chi connectivity index (χ1v) is 12.5. The number of carbonyl (C=O) groups is 2. The highest BCUT2D eigenvalue weighted by molar-refractivity contribution is 5.93. The van der Waals surface area contributed by atoms with Crippen LogP contribution in [0.15, 0.2) is 53.3 Å². The fourth-order valence-electron chi connectivity index (χ4n) is 6.41. The number of nitrogens with one attached hydrogen (secondary N) is 2. The number of benzene rings is 2. The Balaban J connectivity index is 1.45. The van der Waals surface area contributed by atoms with Crippen LogP contribution in [0.5, 0.6) is 0 Å². The van der Waals surface area contributed by atoms with Gasteiger partial charge in [-0.25, -0.2) is 4.98 Å². The number of amides is 2. The molecule has 1 saturated carbocycles. The normalized spacial score (nSPS) is 22.4. The van der Waals surface area contributed by atoms with Crippen LogP contribution in [0.2, 0.25) is 0 Å². The quantitative estimate of drug-likeness (QED) is 0.556. The molecule has 1 aliphatic heterocycles. The molecule has 36 heavy (non-hydrogen) atoms. The second kappa shape index (κ2) is 8.76. The molecule has 1 aromatic heterocycles. The molecule has 0 radical (unpaired) electrons. The summed E-state index contributed by atoms with van der Waals surface area (Å²) in [6.07, 6.45) is 3.20. The third-order valence-electron chi connectivity index (χ3n) is 7.31. The van der Waals surface area contributed by atoms with Gasteiger partial charge in [0.2, 0.25) is 11.8 Å². The van der Waals surface area contributed by atoms with Gasteiger partial charge in [-0.1, -0.05) is 32.9 Å². The zero-order valence-electron chi connectivity index (χ0n) is 21.3. The second-order valence-corrected chi connectivity index (χ2v) is 11.5. The second-order valence-electron chi connectivity index (χ2n) is 11.5. The lowest BCUT2D eigenvalue weighted by molar-refractivity contribution is -0.117. The summed E-state index contributed by atoms with van der Waals surface area (Å²) in [7, 11) is 0. The molecule has 0 spiro atoms. The van der Waals surface area contributed by atoms with E-state index >= 15 is 0 Å². The van der Waals surface area contributed by atoms with Gasteiger partial charge < -0.3 is 15.5 Å². The van der Waals surface area contributed by atoms with Crippen LogP contribution in [0.4, 0.5) is 17.2 Å². The van der Waals surface area contributed by atoms with E-state index in [1.165, 1.54) is 11.5 Å². The average Bonchev–Trinajstić information content (AvgIpc) is 3.04. The summed E-state index contributed by atoms with van der Waals surface area (Å²) < 4.78 is 1.54. The molecule has 2 unspecified atom stereocenters. The lowest BCUT2D eigenvalue weighted by Gasteiger charge is -2.39. The molecule has 5 rings (SSSR count). The Morgan fingerprint density at radius 3 is 2.36 bits per heavy atom. The Bertz CT molecular complexity index is 1390. The van der Waals surface area contributed by atoms with Crippen LogP contribution in [-0.2, 0) is 16.1 Å². The van der Waals surface area contributed by atoms with Crippen molar-refractivity contribution in [3.8, 4) is 0 Å². The molecule has 188 valence electrons. The van der Waals surface area contributed by atoms with Crippen molar-refractivity contribution < 1.29 is 9.59 Å². The highest BCUT2D eigenvalue weighted by Gasteiger charge is 2.50. The average molecular weight is 488 g/mol. The molecule has 1 saturated heterocycles. The van der Waals surface area contributed by atoms with Crippen molar-refractivity contribution in [3.63, 3.8) is 0 Å². The van der Waals surface area contributed by atoms with E-state index in [9.17, 15) is 14.4 Å². The Kier molecular flexibility index (Phi) is 5.85. The van der Waals surface area contributed by atoms with Crippen molar-refractivity contribution in [3.05, 3.63) is 58.9 Å². The summed E-state index contributed by atoms with van der Waals surface area (Å²) in [5, 5.41) is 5.56. The Morgan fingerprint density at radius 1 is 1.00 bits per heavy atom. The summed E-state index contributed by atoms with van der Waals surface area (Å²) in [5.41, 5.74) is 2.70. The van der Waals surface area contributed by atoms with E-state index in [0.717, 1.165) is 25.8 Å². The molecule has 2 N–H and O–H groups in total. The maximum Gasteiger partial charge on any atom is 0.294 e. The minimum Gasteiger partial charge on any atom is -0.348 e. The first kappa shape index (κ1) is 24.0. The first-order chi connectivity index (χ1) is 17.0. The third kappa shape index (κ3) is 4.72. The van der Waals surface area contributed by atoms with Gasteiger partial charge in [0, 0.05) is 30.9 Å². The van der Waals surface area contributed by atoms with E-state index in [1.54, 1.807) is 24.3 Å². The van der Waals surface area contributed by atoms with Crippen molar-refractivity contribution in [1.29, 1.82) is 0 Å². The molecule has 8 nitrogen and oxygen atoms in total. The van der Waals surface area contributed by atoms with Gasteiger partial charge in [-0.05, 0) is 66.5 Å². The monoisotopic (exact) mass is 487 g/mol. The van der Waals surface area contributed by atoms with Gasteiger partial charge in [0.25, 0.3) is 5.56 Å². The Morgan fingerprint density at radius 2 is 1.67 bits per heavy atom. The smallest absolute Gasteiger partial charge is 0.294 e. The number of nitrogens with zero attached hydrogens (tertiary/aromatic N) is 3. The predicted molar refractivity (Wildman–Crippen MR) is 142 cm³/mol. The Labute approximate surface area is 210 Å². The zero-order chi connectivity index (χ0) is 25.7. The SMILES string of the molecule is CC(=O)Nc1ccc(NC(=O)Cn2c(=O)c(N3CC4(C)CC3CC(C)(C)C4)nc3ccccc32)cc1. The van der Waals surface area contributed by atoms with Crippen LogP contribution in [0, 0.1) is 10.8 Å². The molecule has 1 aliphatic carbocycles. The number of fused-ring (bicyclic) bond motifs is 3. The molecule has 2 heterocycles. The number of para-hydroxylation sites is 2. The molecule has 8 heteroatoms. The summed E-state index contributed by atoms with van der Waals surface area (Å²) >= 11 is 0. The van der Waals surface area contributed by atoms with E-state index < -0.39 is 0 Å². The van der Waals surface area contributed by atoms with E-state index in [0.29, 0.717) is 28.2 Å². The molecule has 2 amide bonds. The van der Waals surface area contributed by atoms with Crippen molar-refractivity contribution in [2.75, 3.05) is 22.1 Å².